The van der Waals surface area contributed by atoms with Crippen molar-refractivity contribution in [2.24, 2.45) is 0 Å². The summed E-state index contributed by atoms with van der Waals surface area (Å²) >= 11 is 2.30. The first-order valence-electron chi connectivity index (χ1n) is 5.78. The van der Waals surface area contributed by atoms with Crippen LogP contribution >= 0.6 is 22.6 Å². The Labute approximate surface area is 121 Å². The number of fused-ring (bicyclic) bond motifs is 1. The highest BCUT2D eigenvalue weighted by Gasteiger charge is 1.90. The van der Waals surface area contributed by atoms with Crippen molar-refractivity contribution in [3.8, 4) is 0 Å². The standard InChI is InChI=1S/C17H15I/c1-12-4-6-15-10-14(3)11-17(18)7-5-13(2)9-16(15)8-12/h4-11H,2-3H2,1H3. The highest BCUT2D eigenvalue weighted by atomic mass is 127. The van der Waals surface area contributed by atoms with Crippen molar-refractivity contribution in [2.45, 2.75) is 6.92 Å². The second-order valence-electron chi connectivity index (χ2n) is 4.43. The lowest BCUT2D eigenvalue weighted by molar-refractivity contribution is 1.50. The van der Waals surface area contributed by atoms with Gasteiger partial charge in [-0.1, -0.05) is 43.0 Å². The van der Waals surface area contributed by atoms with Crippen molar-refractivity contribution >= 4 is 46.5 Å². The molecule has 18 heavy (non-hydrogen) atoms. The first-order valence-corrected chi connectivity index (χ1v) is 6.86. The average Bonchev–Trinajstić information content (AvgIpc) is 2.29. The van der Waals surface area contributed by atoms with Crippen molar-refractivity contribution in [3.05, 3.63) is 68.1 Å². The van der Waals surface area contributed by atoms with Gasteiger partial charge in [-0.15, -0.1) is 0 Å². The van der Waals surface area contributed by atoms with Crippen LogP contribution in [0.5, 0.6) is 0 Å². The molecule has 0 aliphatic heterocycles. The summed E-state index contributed by atoms with van der Waals surface area (Å²) in [6.07, 6.45) is 0. The van der Waals surface area contributed by atoms with Crippen LogP contribution in [0.4, 0.5) is 0 Å². The van der Waals surface area contributed by atoms with Crippen LogP contribution in [0.3, 0.4) is 0 Å². The molecule has 0 radical (unpaired) electrons. The predicted octanol–water partition coefficient (Wildman–Crippen LogP) is 3.70. The highest BCUT2D eigenvalue weighted by Crippen LogP contribution is 2.11. The largest absolute Gasteiger partial charge is 0.0917 e. The molecule has 0 unspecified atom stereocenters. The van der Waals surface area contributed by atoms with Crippen LogP contribution in [0.2, 0.25) is 0 Å². The van der Waals surface area contributed by atoms with Crippen LogP contribution in [-0.4, -0.2) is 0 Å². The van der Waals surface area contributed by atoms with Gasteiger partial charge in [-0.05, 0) is 75.0 Å². The zero-order valence-electron chi connectivity index (χ0n) is 10.4. The van der Waals surface area contributed by atoms with Gasteiger partial charge in [0, 0.05) is 3.57 Å². The summed E-state index contributed by atoms with van der Waals surface area (Å²) < 4.78 is 1.15. The van der Waals surface area contributed by atoms with Crippen molar-refractivity contribution in [3.63, 3.8) is 0 Å². The lowest BCUT2D eigenvalue weighted by atomic mass is 10.1. The van der Waals surface area contributed by atoms with Crippen molar-refractivity contribution in [2.75, 3.05) is 0 Å². The van der Waals surface area contributed by atoms with Gasteiger partial charge in [-0.25, -0.2) is 0 Å². The van der Waals surface area contributed by atoms with E-state index >= 15 is 0 Å². The SMILES string of the molecule is C=c1cc(I)ccc(=C)cc2cc(C)ccc2c1. The third kappa shape index (κ3) is 3.33. The molecular weight excluding hydrogens is 331 g/mol. The second-order valence-corrected chi connectivity index (χ2v) is 5.68. The van der Waals surface area contributed by atoms with Gasteiger partial charge in [0.05, 0.1) is 0 Å². The Morgan fingerprint density at radius 2 is 1.50 bits per heavy atom. The molecule has 0 N–H and O–H groups in total. The molecule has 2 aromatic carbocycles. The van der Waals surface area contributed by atoms with Crippen molar-refractivity contribution in [1.82, 2.24) is 0 Å². The third-order valence-electron chi connectivity index (χ3n) is 2.70. The average molecular weight is 346 g/mol. The van der Waals surface area contributed by atoms with Gasteiger partial charge in [-0.2, -0.15) is 0 Å². The fraction of sp³-hybridized carbons (Fsp3) is 0.0588. The van der Waals surface area contributed by atoms with E-state index in [9.17, 15) is 0 Å². The van der Waals surface area contributed by atoms with Gasteiger partial charge >= 0.3 is 0 Å². The maximum Gasteiger partial charge on any atom is 0.0136 e. The Kier molecular flexibility index (Phi) is 4.02. The van der Waals surface area contributed by atoms with E-state index in [0.717, 1.165) is 14.0 Å². The maximum atomic E-state index is 4.07. The minimum Gasteiger partial charge on any atom is -0.0917 e. The van der Waals surface area contributed by atoms with Gasteiger partial charge in [0.15, 0.2) is 0 Å². The van der Waals surface area contributed by atoms with Gasteiger partial charge in [0.25, 0.3) is 0 Å². The van der Waals surface area contributed by atoms with E-state index in [-0.39, 0.29) is 0 Å². The minimum atomic E-state index is 1.00. The zero-order valence-corrected chi connectivity index (χ0v) is 12.6. The third-order valence-corrected chi connectivity index (χ3v) is 3.37. The van der Waals surface area contributed by atoms with E-state index in [1.54, 1.807) is 0 Å². The van der Waals surface area contributed by atoms with Crippen molar-refractivity contribution in [1.29, 1.82) is 0 Å². The summed E-state index contributed by atoms with van der Waals surface area (Å²) in [6, 6.07) is 16.8. The molecule has 0 bridgehead atoms. The molecule has 0 atom stereocenters. The molecule has 0 spiro atoms. The molecule has 90 valence electrons. The molecule has 2 aromatic rings. The Balaban J connectivity index is 2.99. The Morgan fingerprint density at radius 1 is 0.778 bits per heavy atom. The second kappa shape index (κ2) is 5.53. The van der Waals surface area contributed by atoms with E-state index in [1.165, 1.54) is 16.3 Å². The molecule has 0 fully saturated rings. The first-order chi connectivity index (χ1) is 8.54. The normalized spacial score (nSPS) is 10.1. The zero-order chi connectivity index (χ0) is 13.1. The first kappa shape index (κ1) is 13.1. The van der Waals surface area contributed by atoms with Gasteiger partial charge < -0.3 is 0 Å². The summed E-state index contributed by atoms with van der Waals surface area (Å²) in [6.45, 7) is 10.2. The smallest absolute Gasteiger partial charge is 0.0136 e. The fourth-order valence-corrected chi connectivity index (χ4v) is 2.43. The lowest BCUT2D eigenvalue weighted by Gasteiger charge is -1.96. The molecule has 0 amide bonds. The monoisotopic (exact) mass is 346 g/mol. The molecule has 0 aromatic heterocycles. The van der Waals surface area contributed by atoms with Crippen LogP contribution in [0.1, 0.15) is 5.56 Å². The molecular formula is C17H15I. The highest BCUT2D eigenvalue weighted by molar-refractivity contribution is 14.1. The van der Waals surface area contributed by atoms with E-state index < -0.39 is 0 Å². The molecule has 0 saturated heterocycles. The molecule has 0 heterocycles. The van der Waals surface area contributed by atoms with Crippen LogP contribution < -0.4 is 10.4 Å². The maximum absolute atomic E-state index is 4.07. The molecule has 0 aliphatic carbocycles. The quantitative estimate of drug-likeness (QED) is 0.638. The molecule has 0 saturated carbocycles. The van der Waals surface area contributed by atoms with Crippen LogP contribution in [0, 0.1) is 10.5 Å². The molecule has 0 nitrogen and oxygen atoms in total. The molecule has 2 rings (SSSR count). The number of hydrogen-bond donors (Lipinski definition) is 0. The predicted molar refractivity (Wildman–Crippen MR) is 89.3 cm³/mol. The van der Waals surface area contributed by atoms with Gasteiger partial charge in [0.1, 0.15) is 0 Å². The van der Waals surface area contributed by atoms with E-state index in [1.807, 2.05) is 6.07 Å². The lowest BCUT2D eigenvalue weighted by Crippen LogP contribution is -1.96. The van der Waals surface area contributed by atoms with Gasteiger partial charge in [0.2, 0.25) is 0 Å². The van der Waals surface area contributed by atoms with E-state index in [4.69, 9.17) is 0 Å². The summed E-state index contributed by atoms with van der Waals surface area (Å²) in [7, 11) is 0. The topological polar surface area (TPSA) is 0 Å². The number of benzene rings is 1. The summed E-state index contributed by atoms with van der Waals surface area (Å²) in [4.78, 5) is 0. The Bertz CT molecular complexity index is 743. The fourth-order valence-electron chi connectivity index (χ4n) is 1.85. The Hall–Kier alpha value is -1.35. The van der Waals surface area contributed by atoms with E-state index in [2.05, 4.69) is 85.1 Å². The van der Waals surface area contributed by atoms with Gasteiger partial charge in [-0.3, -0.25) is 0 Å². The number of aryl methyl sites for hydroxylation is 1. The molecule has 1 heteroatoms. The van der Waals surface area contributed by atoms with E-state index in [0.29, 0.717) is 0 Å². The van der Waals surface area contributed by atoms with Crippen LogP contribution in [0.25, 0.3) is 23.9 Å². The van der Waals surface area contributed by atoms with Crippen LogP contribution in [0.15, 0.2) is 48.5 Å². The Morgan fingerprint density at radius 3 is 2.28 bits per heavy atom. The summed E-state index contributed by atoms with van der Waals surface area (Å²) in [5.41, 5.74) is 1.25. The summed E-state index contributed by atoms with van der Waals surface area (Å²) in [5, 5.41) is 4.39. The van der Waals surface area contributed by atoms with Crippen molar-refractivity contribution < 1.29 is 0 Å². The molecule has 0 aliphatic rings. The summed E-state index contributed by atoms with van der Waals surface area (Å²) in [5.74, 6) is 0. The number of halogens is 1. The van der Waals surface area contributed by atoms with Crippen LogP contribution in [-0.2, 0) is 0 Å². The minimum absolute atomic E-state index is 1.00. The number of rotatable bonds is 0. The number of hydrogen-bond acceptors (Lipinski definition) is 0.